The third kappa shape index (κ3) is 2.83. The second-order valence-corrected chi connectivity index (χ2v) is 4.95. The molecular formula is C13H15N3O5. The van der Waals surface area contributed by atoms with Gasteiger partial charge in [0.25, 0.3) is 0 Å². The number of carboxylic acids is 1. The van der Waals surface area contributed by atoms with Gasteiger partial charge in [0, 0.05) is 23.4 Å². The molecule has 0 spiro atoms. The van der Waals surface area contributed by atoms with Gasteiger partial charge in [0.2, 0.25) is 11.8 Å². The molecule has 0 aromatic carbocycles. The summed E-state index contributed by atoms with van der Waals surface area (Å²) >= 11 is 0. The van der Waals surface area contributed by atoms with E-state index in [0.717, 1.165) is 0 Å². The average molecular weight is 293 g/mol. The molecule has 1 aromatic rings. The molecule has 8 nitrogen and oxygen atoms in total. The van der Waals surface area contributed by atoms with Crippen LogP contribution in [-0.4, -0.2) is 32.4 Å². The predicted octanol–water partition coefficient (Wildman–Crippen LogP) is -0.535. The molecule has 2 rings (SSSR count). The van der Waals surface area contributed by atoms with Gasteiger partial charge < -0.3 is 5.11 Å². The average Bonchev–Trinajstić information content (AvgIpc) is 2.36. The van der Waals surface area contributed by atoms with Gasteiger partial charge in [-0.3, -0.25) is 24.3 Å². The van der Waals surface area contributed by atoms with Crippen LogP contribution in [0.5, 0.6) is 0 Å². The highest BCUT2D eigenvalue weighted by Gasteiger charge is 2.31. The second-order valence-electron chi connectivity index (χ2n) is 4.95. The Morgan fingerprint density at radius 2 is 2.05 bits per heavy atom. The van der Waals surface area contributed by atoms with Crippen LogP contribution >= 0.6 is 0 Å². The normalized spacial score (nSPS) is 18.5. The number of aliphatic carboxylic acids is 1. The predicted molar refractivity (Wildman–Crippen MR) is 70.7 cm³/mol. The molecule has 2 amide bonds. The van der Waals surface area contributed by atoms with Crippen molar-refractivity contribution >= 4 is 17.8 Å². The number of carbonyl (C=O) groups is 3. The van der Waals surface area contributed by atoms with Crippen molar-refractivity contribution in [3.05, 3.63) is 27.4 Å². The summed E-state index contributed by atoms with van der Waals surface area (Å²) in [6.45, 7) is 3.14. The highest BCUT2D eigenvalue weighted by atomic mass is 16.4. The number of nitrogens with zero attached hydrogens (tertiary/aromatic N) is 2. The van der Waals surface area contributed by atoms with E-state index in [-0.39, 0.29) is 25.2 Å². The van der Waals surface area contributed by atoms with Crippen molar-refractivity contribution < 1.29 is 19.5 Å². The lowest BCUT2D eigenvalue weighted by atomic mass is 10.0. The van der Waals surface area contributed by atoms with Gasteiger partial charge in [0.05, 0.1) is 6.42 Å². The van der Waals surface area contributed by atoms with Crippen LogP contribution in [-0.2, 0) is 20.8 Å². The van der Waals surface area contributed by atoms with Gasteiger partial charge in [-0.1, -0.05) is 0 Å². The number of imide groups is 1. The van der Waals surface area contributed by atoms with Gasteiger partial charge in [-0.25, -0.2) is 4.79 Å². The first-order valence-corrected chi connectivity index (χ1v) is 6.45. The molecule has 8 heteroatoms. The number of rotatable bonds is 3. The molecule has 1 aliphatic heterocycles. The van der Waals surface area contributed by atoms with Crippen molar-refractivity contribution in [2.24, 2.45) is 0 Å². The molecule has 2 heterocycles. The number of hydrogen-bond donors (Lipinski definition) is 2. The number of aryl methyl sites for hydroxylation is 1. The SMILES string of the molecule is Cc1nc(=O)n(C2CCC(=O)NC2=O)c(C)c1CC(=O)O. The lowest BCUT2D eigenvalue weighted by molar-refractivity contribution is -0.137. The van der Waals surface area contributed by atoms with Crippen molar-refractivity contribution in [2.45, 2.75) is 39.2 Å². The Labute approximate surface area is 119 Å². The van der Waals surface area contributed by atoms with Crippen LogP contribution in [0, 0.1) is 13.8 Å². The lowest BCUT2D eigenvalue weighted by Crippen LogP contribution is -2.46. The summed E-state index contributed by atoms with van der Waals surface area (Å²) in [5.74, 6) is -1.99. The molecule has 1 atom stereocenters. The monoisotopic (exact) mass is 293 g/mol. The van der Waals surface area contributed by atoms with Crippen LogP contribution in [0.1, 0.15) is 35.8 Å². The van der Waals surface area contributed by atoms with E-state index in [2.05, 4.69) is 10.3 Å². The van der Waals surface area contributed by atoms with Crippen LogP contribution in [0.15, 0.2) is 4.79 Å². The molecule has 1 saturated heterocycles. The zero-order valence-corrected chi connectivity index (χ0v) is 11.7. The second kappa shape index (κ2) is 5.47. The van der Waals surface area contributed by atoms with Gasteiger partial charge in [0.15, 0.2) is 0 Å². The third-order valence-electron chi connectivity index (χ3n) is 3.55. The van der Waals surface area contributed by atoms with Gasteiger partial charge >= 0.3 is 11.7 Å². The molecule has 21 heavy (non-hydrogen) atoms. The first-order chi connectivity index (χ1) is 9.81. The molecule has 0 aliphatic carbocycles. The summed E-state index contributed by atoms with van der Waals surface area (Å²) in [5, 5.41) is 11.1. The summed E-state index contributed by atoms with van der Waals surface area (Å²) < 4.78 is 1.17. The quantitative estimate of drug-likeness (QED) is 0.723. The van der Waals surface area contributed by atoms with E-state index in [1.165, 1.54) is 4.57 Å². The molecule has 1 unspecified atom stereocenters. The third-order valence-corrected chi connectivity index (χ3v) is 3.55. The highest BCUT2D eigenvalue weighted by Crippen LogP contribution is 2.21. The minimum absolute atomic E-state index is 0.129. The van der Waals surface area contributed by atoms with Gasteiger partial charge in [-0.15, -0.1) is 0 Å². The maximum atomic E-state index is 12.1. The topological polar surface area (TPSA) is 118 Å². The zero-order valence-electron chi connectivity index (χ0n) is 11.7. The first kappa shape index (κ1) is 14.9. The molecule has 0 saturated carbocycles. The maximum absolute atomic E-state index is 12.1. The van der Waals surface area contributed by atoms with Crippen LogP contribution < -0.4 is 11.0 Å². The number of carboxylic acid groups (broad SMARTS) is 1. The van der Waals surface area contributed by atoms with Crippen LogP contribution in [0.4, 0.5) is 0 Å². The van der Waals surface area contributed by atoms with Crippen LogP contribution in [0.3, 0.4) is 0 Å². The smallest absolute Gasteiger partial charge is 0.348 e. The van der Waals surface area contributed by atoms with Crippen molar-refractivity contribution in [2.75, 3.05) is 0 Å². The standard InChI is InChI=1S/C13H15N3O5/c1-6-8(5-11(18)19)7(2)16(13(21)14-6)9-3-4-10(17)15-12(9)20/h9H,3-5H2,1-2H3,(H,18,19)(H,15,17,20). The number of aromatic nitrogens is 2. The van der Waals surface area contributed by atoms with E-state index in [1.54, 1.807) is 13.8 Å². The van der Waals surface area contributed by atoms with E-state index >= 15 is 0 Å². The van der Waals surface area contributed by atoms with E-state index in [4.69, 9.17) is 5.11 Å². The fourth-order valence-corrected chi connectivity index (χ4v) is 2.52. The Balaban J connectivity index is 2.53. The Morgan fingerprint density at radius 3 is 2.62 bits per heavy atom. The molecule has 2 N–H and O–H groups in total. The van der Waals surface area contributed by atoms with Gasteiger partial charge in [-0.05, 0) is 20.3 Å². The number of piperidine rings is 1. The van der Waals surface area contributed by atoms with Gasteiger partial charge in [0.1, 0.15) is 6.04 Å². The summed E-state index contributed by atoms with van der Waals surface area (Å²) in [7, 11) is 0. The van der Waals surface area contributed by atoms with Gasteiger partial charge in [-0.2, -0.15) is 4.98 Å². The molecule has 1 fully saturated rings. The first-order valence-electron chi connectivity index (χ1n) is 6.45. The van der Waals surface area contributed by atoms with E-state index in [0.29, 0.717) is 17.0 Å². The highest BCUT2D eigenvalue weighted by molar-refractivity contribution is 5.99. The van der Waals surface area contributed by atoms with Crippen molar-refractivity contribution in [1.29, 1.82) is 0 Å². The molecule has 0 radical (unpaired) electrons. The van der Waals surface area contributed by atoms with E-state index in [9.17, 15) is 19.2 Å². The molecule has 1 aromatic heterocycles. The minimum Gasteiger partial charge on any atom is -0.481 e. The van der Waals surface area contributed by atoms with Crippen molar-refractivity contribution in [3.8, 4) is 0 Å². The molecule has 1 aliphatic rings. The summed E-state index contributed by atoms with van der Waals surface area (Å²) in [6.07, 6.45) is 0.0469. The molecular weight excluding hydrogens is 278 g/mol. The van der Waals surface area contributed by atoms with Crippen LogP contribution in [0.25, 0.3) is 0 Å². The van der Waals surface area contributed by atoms with Crippen molar-refractivity contribution in [3.63, 3.8) is 0 Å². The fourth-order valence-electron chi connectivity index (χ4n) is 2.52. The Hall–Kier alpha value is -2.51. The Kier molecular flexibility index (Phi) is 3.88. The molecule has 0 bridgehead atoms. The number of carbonyl (C=O) groups excluding carboxylic acids is 2. The van der Waals surface area contributed by atoms with Crippen molar-refractivity contribution in [1.82, 2.24) is 14.9 Å². The van der Waals surface area contributed by atoms with E-state index in [1.807, 2.05) is 0 Å². The Morgan fingerprint density at radius 1 is 1.38 bits per heavy atom. The van der Waals surface area contributed by atoms with Crippen LogP contribution in [0.2, 0.25) is 0 Å². The number of amides is 2. The Bertz CT molecular complexity index is 692. The number of nitrogens with one attached hydrogen (secondary N) is 1. The summed E-state index contributed by atoms with van der Waals surface area (Å²) in [6, 6.07) is -0.837. The summed E-state index contributed by atoms with van der Waals surface area (Å²) in [5.41, 5.74) is 0.522. The largest absolute Gasteiger partial charge is 0.481 e. The fraction of sp³-hybridized carbons (Fsp3) is 0.462. The minimum atomic E-state index is -1.04. The maximum Gasteiger partial charge on any atom is 0.348 e. The molecule has 112 valence electrons. The number of hydrogen-bond acceptors (Lipinski definition) is 5. The zero-order chi connectivity index (χ0) is 15.7. The van der Waals surface area contributed by atoms with E-state index < -0.39 is 23.6 Å². The lowest BCUT2D eigenvalue weighted by Gasteiger charge is -2.25. The summed E-state index contributed by atoms with van der Waals surface area (Å²) in [4.78, 5) is 49.8.